The van der Waals surface area contributed by atoms with Gasteiger partial charge in [-0.25, -0.2) is 0 Å². The molecule has 2 N–H and O–H groups in total. The lowest BCUT2D eigenvalue weighted by molar-refractivity contribution is 0.561. The largest absolute Gasteiger partial charge is 0.320 e. The molecule has 0 atom stereocenters. The highest BCUT2D eigenvalue weighted by atomic mass is 14.9. The minimum Gasteiger partial charge on any atom is -0.320 e. The first kappa shape index (κ1) is 14.8. The van der Waals surface area contributed by atoms with Gasteiger partial charge in [0.15, 0.2) is 0 Å². The van der Waals surface area contributed by atoms with Crippen molar-refractivity contribution < 1.29 is 0 Å². The van der Waals surface area contributed by atoms with Crippen LogP contribution in [0.2, 0.25) is 0 Å². The summed E-state index contributed by atoms with van der Waals surface area (Å²) in [6.45, 7) is 2.12. The number of unbranched alkanes of at least 4 members (excludes halogenated alkanes) is 1. The lowest BCUT2D eigenvalue weighted by atomic mass is 9.98. The molecule has 0 aliphatic carbocycles. The van der Waals surface area contributed by atoms with E-state index in [-0.39, 0.29) is 6.04 Å². The van der Waals surface area contributed by atoms with Crippen LogP contribution in [0.3, 0.4) is 0 Å². The second-order valence-corrected chi connectivity index (χ2v) is 5.02. The lowest BCUT2D eigenvalue weighted by Gasteiger charge is -2.20. The molecule has 0 aliphatic rings. The zero-order valence-electron chi connectivity index (χ0n) is 12.2. The fourth-order valence-electron chi connectivity index (χ4n) is 2.39. The second kappa shape index (κ2) is 8.51. The van der Waals surface area contributed by atoms with E-state index in [1.807, 2.05) is 7.05 Å². The van der Waals surface area contributed by atoms with Crippen LogP contribution in [-0.2, 0) is 0 Å². The highest BCUT2D eigenvalue weighted by molar-refractivity contribution is 5.31. The molecule has 2 aromatic rings. The van der Waals surface area contributed by atoms with Crippen LogP contribution in [0.5, 0.6) is 0 Å². The third-order valence-corrected chi connectivity index (χ3v) is 3.47. The van der Waals surface area contributed by atoms with E-state index in [4.69, 9.17) is 0 Å². The Bertz CT molecular complexity index is 428. The second-order valence-electron chi connectivity index (χ2n) is 5.02. The summed E-state index contributed by atoms with van der Waals surface area (Å²) in [6, 6.07) is 21.6. The maximum Gasteiger partial charge on any atom is 0.0576 e. The number of benzene rings is 2. The fourth-order valence-corrected chi connectivity index (χ4v) is 2.39. The van der Waals surface area contributed by atoms with Gasteiger partial charge in [-0.3, -0.25) is 0 Å². The molecule has 0 bridgehead atoms. The predicted molar refractivity (Wildman–Crippen MR) is 85.9 cm³/mol. The maximum atomic E-state index is 3.68. The van der Waals surface area contributed by atoms with Crippen LogP contribution in [-0.4, -0.2) is 20.1 Å². The smallest absolute Gasteiger partial charge is 0.0576 e. The van der Waals surface area contributed by atoms with Gasteiger partial charge in [-0.05, 0) is 44.1 Å². The van der Waals surface area contributed by atoms with E-state index in [9.17, 15) is 0 Å². The highest BCUT2D eigenvalue weighted by Crippen LogP contribution is 2.21. The summed E-state index contributed by atoms with van der Waals surface area (Å²) in [7, 11) is 2.00. The first-order valence-corrected chi connectivity index (χ1v) is 7.39. The summed E-state index contributed by atoms with van der Waals surface area (Å²) < 4.78 is 0. The molecule has 2 aromatic carbocycles. The zero-order chi connectivity index (χ0) is 14.0. The first-order chi connectivity index (χ1) is 9.92. The Kier molecular flexibility index (Phi) is 6.28. The summed E-state index contributed by atoms with van der Waals surface area (Å²) in [4.78, 5) is 0. The summed E-state index contributed by atoms with van der Waals surface area (Å²) >= 11 is 0. The highest BCUT2D eigenvalue weighted by Gasteiger charge is 2.12. The Labute approximate surface area is 122 Å². The molecule has 20 heavy (non-hydrogen) atoms. The molecule has 2 nitrogen and oxygen atoms in total. The SMILES string of the molecule is CNCCCCNC(c1ccccc1)c1ccccc1. The summed E-state index contributed by atoms with van der Waals surface area (Å²) in [6.07, 6.45) is 2.40. The van der Waals surface area contributed by atoms with E-state index in [1.54, 1.807) is 0 Å². The average Bonchev–Trinajstić information content (AvgIpc) is 2.53. The minimum atomic E-state index is 0.284. The Balaban J connectivity index is 2.02. The molecule has 2 rings (SSSR count). The van der Waals surface area contributed by atoms with Gasteiger partial charge in [0.25, 0.3) is 0 Å². The molecule has 0 saturated heterocycles. The third kappa shape index (κ3) is 4.48. The normalized spacial score (nSPS) is 10.9. The van der Waals surface area contributed by atoms with E-state index in [0.29, 0.717) is 0 Å². The molecule has 0 aromatic heterocycles. The third-order valence-electron chi connectivity index (χ3n) is 3.47. The van der Waals surface area contributed by atoms with Crippen LogP contribution in [0.1, 0.15) is 30.0 Å². The van der Waals surface area contributed by atoms with Crippen molar-refractivity contribution in [1.82, 2.24) is 10.6 Å². The van der Waals surface area contributed by atoms with Crippen molar-refractivity contribution in [3.63, 3.8) is 0 Å². The monoisotopic (exact) mass is 268 g/mol. The van der Waals surface area contributed by atoms with Crippen molar-refractivity contribution in [2.24, 2.45) is 0 Å². The van der Waals surface area contributed by atoms with Crippen molar-refractivity contribution in [3.05, 3.63) is 71.8 Å². The van der Waals surface area contributed by atoms with Crippen LogP contribution in [0.25, 0.3) is 0 Å². The molecule has 0 aliphatic heterocycles. The topological polar surface area (TPSA) is 24.1 Å². The van der Waals surface area contributed by atoms with E-state index >= 15 is 0 Å². The molecule has 0 radical (unpaired) electrons. The van der Waals surface area contributed by atoms with Gasteiger partial charge in [-0.2, -0.15) is 0 Å². The molecule has 2 heteroatoms. The van der Waals surface area contributed by atoms with Crippen molar-refractivity contribution in [3.8, 4) is 0 Å². The Morgan fingerprint density at radius 3 is 1.75 bits per heavy atom. The summed E-state index contributed by atoms with van der Waals surface area (Å²) in [5.41, 5.74) is 2.65. The fraction of sp³-hybridized carbons (Fsp3) is 0.333. The van der Waals surface area contributed by atoms with Crippen LogP contribution >= 0.6 is 0 Å². The number of rotatable bonds is 8. The number of hydrogen-bond acceptors (Lipinski definition) is 2. The van der Waals surface area contributed by atoms with Crippen molar-refractivity contribution in [1.29, 1.82) is 0 Å². The van der Waals surface area contributed by atoms with Crippen molar-refractivity contribution >= 4 is 0 Å². The van der Waals surface area contributed by atoms with Gasteiger partial charge < -0.3 is 10.6 Å². The number of nitrogens with one attached hydrogen (secondary N) is 2. The van der Waals surface area contributed by atoms with Gasteiger partial charge in [-0.1, -0.05) is 60.7 Å². The average molecular weight is 268 g/mol. The predicted octanol–water partition coefficient (Wildman–Crippen LogP) is 3.37. The van der Waals surface area contributed by atoms with Crippen LogP contribution in [0.15, 0.2) is 60.7 Å². The molecule has 0 amide bonds. The Morgan fingerprint density at radius 2 is 1.25 bits per heavy atom. The van der Waals surface area contributed by atoms with E-state index in [0.717, 1.165) is 13.1 Å². The van der Waals surface area contributed by atoms with Gasteiger partial charge in [0, 0.05) is 0 Å². The molecule has 0 unspecified atom stereocenters. The molecular weight excluding hydrogens is 244 g/mol. The van der Waals surface area contributed by atoms with Gasteiger partial charge in [0.05, 0.1) is 6.04 Å². The minimum absolute atomic E-state index is 0.284. The number of hydrogen-bond donors (Lipinski definition) is 2. The standard InChI is InChI=1S/C18H24N2/c1-19-14-8-9-15-20-18(16-10-4-2-5-11-16)17-12-6-3-7-13-17/h2-7,10-13,18-20H,8-9,14-15H2,1H3. The molecule has 0 fully saturated rings. The summed E-state index contributed by atoms with van der Waals surface area (Å²) in [5.74, 6) is 0. The molecule has 106 valence electrons. The van der Waals surface area contributed by atoms with Crippen LogP contribution in [0, 0.1) is 0 Å². The molecule has 0 spiro atoms. The van der Waals surface area contributed by atoms with E-state index < -0.39 is 0 Å². The van der Waals surface area contributed by atoms with Gasteiger partial charge in [-0.15, -0.1) is 0 Å². The first-order valence-electron chi connectivity index (χ1n) is 7.39. The van der Waals surface area contributed by atoms with Gasteiger partial charge in [0.1, 0.15) is 0 Å². The quantitative estimate of drug-likeness (QED) is 0.717. The summed E-state index contributed by atoms with van der Waals surface area (Å²) in [5, 5.41) is 6.87. The molecule has 0 heterocycles. The zero-order valence-corrected chi connectivity index (χ0v) is 12.2. The van der Waals surface area contributed by atoms with Gasteiger partial charge >= 0.3 is 0 Å². The van der Waals surface area contributed by atoms with E-state index in [2.05, 4.69) is 71.3 Å². The van der Waals surface area contributed by atoms with Crippen molar-refractivity contribution in [2.75, 3.05) is 20.1 Å². The Morgan fingerprint density at radius 1 is 0.750 bits per heavy atom. The molecule has 0 saturated carbocycles. The molecular formula is C18H24N2. The van der Waals surface area contributed by atoms with Gasteiger partial charge in [0.2, 0.25) is 0 Å². The lowest BCUT2D eigenvalue weighted by Crippen LogP contribution is -2.24. The van der Waals surface area contributed by atoms with Crippen molar-refractivity contribution in [2.45, 2.75) is 18.9 Å². The Hall–Kier alpha value is -1.64. The van der Waals surface area contributed by atoms with Crippen LogP contribution in [0.4, 0.5) is 0 Å². The van der Waals surface area contributed by atoms with E-state index in [1.165, 1.54) is 24.0 Å². The van der Waals surface area contributed by atoms with Crippen LogP contribution < -0.4 is 10.6 Å². The maximum absolute atomic E-state index is 3.68.